The highest BCUT2D eigenvalue weighted by molar-refractivity contribution is 5.95. The van der Waals surface area contributed by atoms with E-state index in [9.17, 15) is 4.79 Å². The lowest BCUT2D eigenvalue weighted by atomic mass is 10.0. The van der Waals surface area contributed by atoms with E-state index in [-0.39, 0.29) is 11.8 Å². The molecule has 6 nitrogen and oxygen atoms in total. The number of ether oxygens (including phenoxy) is 1. The van der Waals surface area contributed by atoms with E-state index in [0.29, 0.717) is 31.9 Å². The van der Waals surface area contributed by atoms with Crippen LogP contribution in [-0.4, -0.2) is 52.1 Å². The van der Waals surface area contributed by atoms with Gasteiger partial charge in [0.15, 0.2) is 0 Å². The van der Waals surface area contributed by atoms with Crippen LogP contribution in [0.2, 0.25) is 0 Å². The topological polar surface area (TPSA) is 68.2 Å². The van der Waals surface area contributed by atoms with Crippen molar-refractivity contribution in [3.8, 4) is 0 Å². The van der Waals surface area contributed by atoms with Gasteiger partial charge in [0.1, 0.15) is 6.33 Å². The Morgan fingerprint density at radius 1 is 1.35 bits per heavy atom. The molecule has 0 spiro atoms. The zero-order chi connectivity index (χ0) is 16.1. The molecule has 0 unspecified atom stereocenters. The Kier molecular flexibility index (Phi) is 4.92. The van der Waals surface area contributed by atoms with Crippen molar-refractivity contribution in [2.24, 2.45) is 5.92 Å². The Balaban J connectivity index is 1.72. The molecule has 1 fully saturated rings. The fraction of sp³-hybridized carbons (Fsp3) is 0.412. The largest absolute Gasteiger partial charge is 0.379 e. The molecule has 0 radical (unpaired) electrons. The first-order valence-corrected chi connectivity index (χ1v) is 7.77. The molecule has 0 bridgehead atoms. The molecule has 0 aliphatic carbocycles. The first kappa shape index (κ1) is 15.6. The third kappa shape index (κ3) is 3.90. The van der Waals surface area contributed by atoms with Gasteiger partial charge < -0.3 is 9.64 Å². The molecule has 1 aliphatic heterocycles. The van der Waals surface area contributed by atoms with E-state index in [1.54, 1.807) is 24.8 Å². The molecule has 3 rings (SSSR count). The number of hydrogen-bond donors (Lipinski definition) is 0. The predicted octanol–water partition coefficient (Wildman–Crippen LogP) is 1.51. The van der Waals surface area contributed by atoms with Crippen molar-refractivity contribution < 1.29 is 9.53 Å². The van der Waals surface area contributed by atoms with Crippen molar-refractivity contribution in [2.75, 3.05) is 26.3 Å². The summed E-state index contributed by atoms with van der Waals surface area (Å²) >= 11 is 0. The molecule has 120 valence electrons. The maximum atomic E-state index is 12.8. The number of hydrogen-bond acceptors (Lipinski definition) is 5. The molecule has 23 heavy (non-hydrogen) atoms. The molecule has 1 amide bonds. The summed E-state index contributed by atoms with van der Waals surface area (Å²) in [7, 11) is 0. The molecule has 0 saturated carbocycles. The Morgan fingerprint density at radius 2 is 2.26 bits per heavy atom. The summed E-state index contributed by atoms with van der Waals surface area (Å²) in [6.07, 6.45) is 5.77. The monoisotopic (exact) mass is 312 g/mol. The number of aryl methyl sites for hydroxylation is 1. The van der Waals surface area contributed by atoms with Gasteiger partial charge in [-0.2, -0.15) is 0 Å². The van der Waals surface area contributed by atoms with Gasteiger partial charge >= 0.3 is 0 Å². The maximum Gasteiger partial charge on any atom is 0.255 e. The van der Waals surface area contributed by atoms with Crippen molar-refractivity contribution in [2.45, 2.75) is 13.3 Å². The van der Waals surface area contributed by atoms with Crippen molar-refractivity contribution in [1.82, 2.24) is 19.9 Å². The van der Waals surface area contributed by atoms with Crippen LogP contribution in [0.15, 0.2) is 36.9 Å². The minimum absolute atomic E-state index is 0.0220. The van der Waals surface area contributed by atoms with Crippen LogP contribution in [0.1, 0.15) is 21.7 Å². The first-order valence-electron chi connectivity index (χ1n) is 7.77. The number of rotatable bonds is 3. The maximum absolute atomic E-state index is 12.8. The number of amides is 1. The summed E-state index contributed by atoms with van der Waals surface area (Å²) in [5.74, 6) is 0.252. The molecule has 0 N–H and O–H groups in total. The zero-order valence-corrected chi connectivity index (χ0v) is 13.2. The van der Waals surface area contributed by atoms with Crippen LogP contribution >= 0.6 is 0 Å². The Labute approximate surface area is 135 Å². The lowest BCUT2D eigenvalue weighted by Crippen LogP contribution is -2.37. The third-order valence-electron chi connectivity index (χ3n) is 4.00. The number of pyridine rings is 1. The average Bonchev–Trinajstić information content (AvgIpc) is 2.81. The van der Waals surface area contributed by atoms with Gasteiger partial charge in [-0.15, -0.1) is 0 Å². The standard InChI is InChI=1S/C17H20N4O2/c1-13-16(3-2-5-19-13)17(22)21-7-8-23-11-14(10-21)9-15-4-6-18-12-20-15/h2-6,12,14H,7-11H2,1H3/t14-/m0/s1. The zero-order valence-electron chi connectivity index (χ0n) is 13.2. The van der Waals surface area contributed by atoms with Crippen molar-refractivity contribution in [3.63, 3.8) is 0 Å². The van der Waals surface area contributed by atoms with Crippen molar-refractivity contribution in [1.29, 1.82) is 0 Å². The van der Waals surface area contributed by atoms with Crippen LogP contribution in [0, 0.1) is 12.8 Å². The average molecular weight is 312 g/mol. The van der Waals surface area contributed by atoms with Crippen LogP contribution in [0.3, 0.4) is 0 Å². The molecule has 1 atom stereocenters. The fourth-order valence-corrected chi connectivity index (χ4v) is 2.80. The second-order valence-corrected chi connectivity index (χ2v) is 5.73. The molecule has 0 aromatic carbocycles. The van der Waals surface area contributed by atoms with Crippen molar-refractivity contribution >= 4 is 5.91 Å². The Morgan fingerprint density at radius 3 is 3.04 bits per heavy atom. The third-order valence-corrected chi connectivity index (χ3v) is 4.00. The SMILES string of the molecule is Cc1ncccc1C(=O)N1CCOC[C@@H](Cc2ccncn2)C1. The highest BCUT2D eigenvalue weighted by atomic mass is 16.5. The van der Waals surface area contributed by atoms with Gasteiger partial charge in [-0.3, -0.25) is 9.78 Å². The normalized spacial score (nSPS) is 18.5. The molecule has 1 aliphatic rings. The van der Waals surface area contributed by atoms with Crippen molar-refractivity contribution in [3.05, 3.63) is 53.9 Å². The summed E-state index contributed by atoms with van der Waals surface area (Å²) in [4.78, 5) is 27.1. The Hall–Kier alpha value is -2.34. The summed E-state index contributed by atoms with van der Waals surface area (Å²) < 4.78 is 5.67. The summed E-state index contributed by atoms with van der Waals surface area (Å²) in [5.41, 5.74) is 2.39. The van der Waals surface area contributed by atoms with E-state index in [1.165, 1.54) is 0 Å². The molecular formula is C17H20N4O2. The van der Waals surface area contributed by atoms with Crippen LogP contribution in [-0.2, 0) is 11.2 Å². The van der Waals surface area contributed by atoms with E-state index < -0.39 is 0 Å². The van der Waals surface area contributed by atoms with Crippen LogP contribution in [0.5, 0.6) is 0 Å². The number of carbonyl (C=O) groups excluding carboxylic acids is 1. The van der Waals surface area contributed by atoms with Gasteiger partial charge in [-0.1, -0.05) is 0 Å². The highest BCUT2D eigenvalue weighted by Gasteiger charge is 2.24. The van der Waals surface area contributed by atoms with Crippen LogP contribution < -0.4 is 0 Å². The first-order chi connectivity index (χ1) is 11.2. The lowest BCUT2D eigenvalue weighted by molar-refractivity contribution is 0.0736. The van der Waals surface area contributed by atoms with Gasteiger partial charge in [0.2, 0.25) is 0 Å². The second kappa shape index (κ2) is 7.28. The quantitative estimate of drug-likeness (QED) is 0.859. The van der Waals surface area contributed by atoms with Crippen LogP contribution in [0.25, 0.3) is 0 Å². The van der Waals surface area contributed by atoms with Gasteiger partial charge in [-0.05, 0) is 31.5 Å². The molecular weight excluding hydrogens is 292 g/mol. The molecule has 1 saturated heterocycles. The highest BCUT2D eigenvalue weighted by Crippen LogP contribution is 2.16. The van der Waals surface area contributed by atoms with Gasteiger partial charge in [-0.25, -0.2) is 9.97 Å². The molecule has 3 heterocycles. The number of aromatic nitrogens is 3. The second-order valence-electron chi connectivity index (χ2n) is 5.73. The number of nitrogens with zero attached hydrogens (tertiary/aromatic N) is 4. The van der Waals surface area contributed by atoms with E-state index in [0.717, 1.165) is 17.8 Å². The summed E-state index contributed by atoms with van der Waals surface area (Å²) in [5, 5.41) is 0. The lowest BCUT2D eigenvalue weighted by Gasteiger charge is -2.24. The fourth-order valence-electron chi connectivity index (χ4n) is 2.80. The minimum atomic E-state index is 0.0220. The Bertz CT molecular complexity index is 663. The predicted molar refractivity (Wildman–Crippen MR) is 84.9 cm³/mol. The summed E-state index contributed by atoms with van der Waals surface area (Å²) in [6.45, 7) is 4.33. The number of carbonyl (C=O) groups is 1. The molecule has 2 aromatic heterocycles. The molecule has 6 heteroatoms. The minimum Gasteiger partial charge on any atom is -0.379 e. The van der Waals surface area contributed by atoms with Gasteiger partial charge in [0.05, 0.1) is 18.8 Å². The van der Waals surface area contributed by atoms with E-state index in [2.05, 4.69) is 15.0 Å². The van der Waals surface area contributed by atoms with E-state index >= 15 is 0 Å². The smallest absolute Gasteiger partial charge is 0.255 e. The van der Waals surface area contributed by atoms with E-state index in [1.807, 2.05) is 24.0 Å². The van der Waals surface area contributed by atoms with E-state index in [4.69, 9.17) is 4.74 Å². The molecule has 2 aromatic rings. The van der Waals surface area contributed by atoms with Gasteiger partial charge in [0.25, 0.3) is 5.91 Å². The van der Waals surface area contributed by atoms with Gasteiger partial charge in [0, 0.05) is 42.8 Å². The summed E-state index contributed by atoms with van der Waals surface area (Å²) in [6, 6.07) is 5.53. The van der Waals surface area contributed by atoms with Crippen LogP contribution in [0.4, 0.5) is 0 Å².